The van der Waals surface area contributed by atoms with Crippen molar-refractivity contribution in [1.29, 1.82) is 0 Å². The topological polar surface area (TPSA) is 46.6 Å². The van der Waals surface area contributed by atoms with E-state index in [1.54, 1.807) is 12.1 Å². The number of anilines is 1. The SMILES string of the molecule is Cc1ccc(N2C(=O)COCC2=O)cc1. The summed E-state index contributed by atoms with van der Waals surface area (Å²) in [5.74, 6) is -0.620. The Hall–Kier alpha value is -1.68. The van der Waals surface area contributed by atoms with E-state index in [2.05, 4.69) is 0 Å². The van der Waals surface area contributed by atoms with Crippen molar-refractivity contribution < 1.29 is 14.3 Å². The largest absolute Gasteiger partial charge is 0.362 e. The van der Waals surface area contributed by atoms with Crippen molar-refractivity contribution in [3.8, 4) is 0 Å². The summed E-state index contributed by atoms with van der Waals surface area (Å²) in [6, 6.07) is 7.25. The Morgan fingerprint density at radius 3 is 2.13 bits per heavy atom. The minimum Gasteiger partial charge on any atom is -0.362 e. The fourth-order valence-corrected chi connectivity index (χ4v) is 1.48. The third-order valence-corrected chi connectivity index (χ3v) is 2.24. The first-order chi connectivity index (χ1) is 7.18. The van der Waals surface area contributed by atoms with Crippen LogP contribution in [-0.2, 0) is 14.3 Å². The van der Waals surface area contributed by atoms with E-state index in [0.717, 1.165) is 5.56 Å². The minimum absolute atomic E-state index is 0.0282. The summed E-state index contributed by atoms with van der Waals surface area (Å²) >= 11 is 0. The molecule has 0 saturated carbocycles. The molecular formula is C11H11NO3. The highest BCUT2D eigenvalue weighted by Gasteiger charge is 2.27. The second-order valence-corrected chi connectivity index (χ2v) is 3.45. The third-order valence-electron chi connectivity index (χ3n) is 2.24. The lowest BCUT2D eigenvalue weighted by molar-refractivity contribution is -0.138. The number of hydrogen-bond acceptors (Lipinski definition) is 3. The first-order valence-corrected chi connectivity index (χ1v) is 4.68. The van der Waals surface area contributed by atoms with Gasteiger partial charge in [0.1, 0.15) is 13.2 Å². The fourth-order valence-electron chi connectivity index (χ4n) is 1.48. The number of hydrogen-bond donors (Lipinski definition) is 0. The summed E-state index contributed by atoms with van der Waals surface area (Å²) in [7, 11) is 0. The molecule has 1 heterocycles. The van der Waals surface area contributed by atoms with Crippen LogP contribution in [0.1, 0.15) is 5.56 Å². The highest BCUT2D eigenvalue weighted by molar-refractivity contribution is 6.16. The van der Waals surface area contributed by atoms with E-state index in [1.807, 2.05) is 19.1 Å². The Morgan fingerprint density at radius 2 is 1.60 bits per heavy atom. The zero-order valence-corrected chi connectivity index (χ0v) is 8.40. The highest BCUT2D eigenvalue weighted by atomic mass is 16.5. The average molecular weight is 205 g/mol. The van der Waals surface area contributed by atoms with Crippen LogP contribution in [0.3, 0.4) is 0 Å². The number of aryl methyl sites for hydroxylation is 1. The van der Waals surface area contributed by atoms with E-state index in [-0.39, 0.29) is 25.0 Å². The van der Waals surface area contributed by atoms with Crippen molar-refractivity contribution in [3.63, 3.8) is 0 Å². The number of carbonyl (C=O) groups excluding carboxylic acids is 2. The zero-order valence-electron chi connectivity index (χ0n) is 8.40. The van der Waals surface area contributed by atoms with Crippen molar-refractivity contribution in [1.82, 2.24) is 0 Å². The molecule has 4 nitrogen and oxygen atoms in total. The lowest BCUT2D eigenvalue weighted by Crippen LogP contribution is -2.46. The number of morpholine rings is 1. The fraction of sp³-hybridized carbons (Fsp3) is 0.273. The number of nitrogens with zero attached hydrogens (tertiary/aromatic N) is 1. The van der Waals surface area contributed by atoms with Gasteiger partial charge in [0.05, 0.1) is 5.69 Å². The Balaban J connectivity index is 2.31. The van der Waals surface area contributed by atoms with Crippen LogP contribution in [0, 0.1) is 6.92 Å². The van der Waals surface area contributed by atoms with E-state index >= 15 is 0 Å². The van der Waals surface area contributed by atoms with Gasteiger partial charge in [-0.15, -0.1) is 0 Å². The normalized spacial score (nSPS) is 17.0. The smallest absolute Gasteiger partial charge is 0.259 e. The van der Waals surface area contributed by atoms with E-state index in [1.165, 1.54) is 4.90 Å². The van der Waals surface area contributed by atoms with E-state index in [4.69, 9.17) is 4.74 Å². The quantitative estimate of drug-likeness (QED) is 0.639. The molecule has 15 heavy (non-hydrogen) atoms. The van der Waals surface area contributed by atoms with Gasteiger partial charge >= 0.3 is 0 Å². The predicted octanol–water partition coefficient (Wildman–Crippen LogP) is 0.885. The Kier molecular flexibility index (Phi) is 2.51. The average Bonchev–Trinajstić information content (AvgIpc) is 2.20. The molecule has 4 heteroatoms. The Labute approximate surface area is 87.4 Å². The van der Waals surface area contributed by atoms with Crippen molar-refractivity contribution >= 4 is 17.5 Å². The lowest BCUT2D eigenvalue weighted by Gasteiger charge is -2.24. The van der Waals surface area contributed by atoms with Gasteiger partial charge in [-0.2, -0.15) is 0 Å². The molecule has 78 valence electrons. The summed E-state index contributed by atoms with van der Waals surface area (Å²) in [5, 5.41) is 0. The van der Waals surface area contributed by atoms with Gasteiger partial charge in [-0.3, -0.25) is 9.59 Å². The summed E-state index contributed by atoms with van der Waals surface area (Å²) in [5.41, 5.74) is 1.70. The second kappa shape index (κ2) is 3.82. The number of carbonyl (C=O) groups is 2. The molecule has 1 saturated heterocycles. The maximum Gasteiger partial charge on any atom is 0.259 e. The van der Waals surface area contributed by atoms with Crippen molar-refractivity contribution in [2.24, 2.45) is 0 Å². The van der Waals surface area contributed by atoms with E-state index in [9.17, 15) is 9.59 Å². The number of rotatable bonds is 1. The van der Waals surface area contributed by atoms with Gasteiger partial charge in [-0.05, 0) is 19.1 Å². The minimum atomic E-state index is -0.310. The molecule has 0 aliphatic carbocycles. The number of ether oxygens (including phenoxy) is 1. The summed E-state index contributed by atoms with van der Waals surface area (Å²) < 4.78 is 4.83. The molecule has 1 fully saturated rings. The molecule has 1 aromatic rings. The molecule has 0 N–H and O–H groups in total. The molecule has 0 aromatic heterocycles. The number of benzene rings is 1. The van der Waals surface area contributed by atoms with E-state index < -0.39 is 0 Å². The summed E-state index contributed by atoms with van der Waals surface area (Å²) in [6.07, 6.45) is 0. The van der Waals surface area contributed by atoms with Crippen LogP contribution in [0.4, 0.5) is 5.69 Å². The zero-order chi connectivity index (χ0) is 10.8. The molecule has 0 radical (unpaired) electrons. The summed E-state index contributed by atoms with van der Waals surface area (Å²) in [6.45, 7) is 1.89. The van der Waals surface area contributed by atoms with Gasteiger partial charge in [0.15, 0.2) is 0 Å². The maximum absolute atomic E-state index is 11.5. The first kappa shape index (κ1) is 9.86. The molecule has 1 aromatic carbocycles. The van der Waals surface area contributed by atoms with Gasteiger partial charge in [-0.1, -0.05) is 17.7 Å². The number of imide groups is 1. The first-order valence-electron chi connectivity index (χ1n) is 4.68. The second-order valence-electron chi connectivity index (χ2n) is 3.45. The van der Waals surface area contributed by atoms with Gasteiger partial charge in [0, 0.05) is 0 Å². The molecule has 0 spiro atoms. The number of amides is 2. The summed E-state index contributed by atoms with van der Waals surface area (Å²) in [4.78, 5) is 24.1. The molecule has 0 unspecified atom stereocenters. The van der Waals surface area contributed by atoms with Crippen LogP contribution in [0.25, 0.3) is 0 Å². The van der Waals surface area contributed by atoms with E-state index in [0.29, 0.717) is 5.69 Å². The predicted molar refractivity (Wildman–Crippen MR) is 54.5 cm³/mol. The van der Waals surface area contributed by atoms with Crippen molar-refractivity contribution in [3.05, 3.63) is 29.8 Å². The highest BCUT2D eigenvalue weighted by Crippen LogP contribution is 2.17. The van der Waals surface area contributed by atoms with Gasteiger partial charge < -0.3 is 4.74 Å². The van der Waals surface area contributed by atoms with Crippen LogP contribution in [-0.4, -0.2) is 25.0 Å². The monoisotopic (exact) mass is 205 g/mol. The molecule has 2 rings (SSSR count). The van der Waals surface area contributed by atoms with Crippen LogP contribution in [0.5, 0.6) is 0 Å². The molecule has 1 aliphatic rings. The van der Waals surface area contributed by atoms with Crippen LogP contribution in [0.15, 0.2) is 24.3 Å². The molecular weight excluding hydrogens is 194 g/mol. The Morgan fingerprint density at radius 1 is 1.07 bits per heavy atom. The van der Waals surface area contributed by atoms with Crippen molar-refractivity contribution in [2.75, 3.05) is 18.1 Å². The standard InChI is InChI=1S/C11H11NO3/c1-8-2-4-9(5-3-8)12-10(13)6-15-7-11(12)14/h2-5H,6-7H2,1H3. The van der Waals surface area contributed by atoms with Crippen LogP contribution < -0.4 is 4.90 Å². The lowest BCUT2D eigenvalue weighted by atomic mass is 10.2. The van der Waals surface area contributed by atoms with Gasteiger partial charge in [-0.25, -0.2) is 4.90 Å². The molecule has 1 aliphatic heterocycles. The van der Waals surface area contributed by atoms with Crippen LogP contribution >= 0.6 is 0 Å². The molecule has 2 amide bonds. The molecule has 0 bridgehead atoms. The van der Waals surface area contributed by atoms with Crippen molar-refractivity contribution in [2.45, 2.75) is 6.92 Å². The molecule has 0 atom stereocenters. The Bertz CT molecular complexity index is 381. The maximum atomic E-state index is 11.5. The third kappa shape index (κ3) is 1.89. The van der Waals surface area contributed by atoms with Gasteiger partial charge in [0.25, 0.3) is 11.8 Å². The van der Waals surface area contributed by atoms with Crippen LogP contribution in [0.2, 0.25) is 0 Å². The van der Waals surface area contributed by atoms with Gasteiger partial charge in [0.2, 0.25) is 0 Å².